The van der Waals surface area contributed by atoms with Crippen molar-refractivity contribution in [3.63, 3.8) is 0 Å². The van der Waals surface area contributed by atoms with Gasteiger partial charge in [0.25, 0.3) is 0 Å². The van der Waals surface area contributed by atoms with Crippen molar-refractivity contribution in [1.29, 1.82) is 0 Å². The van der Waals surface area contributed by atoms with Crippen LogP contribution in [0.4, 0.5) is 13.2 Å². The lowest BCUT2D eigenvalue weighted by Crippen LogP contribution is -2.33. The van der Waals surface area contributed by atoms with E-state index in [0.29, 0.717) is 27.5 Å². The number of ether oxygens (including phenoxy) is 1. The predicted octanol–water partition coefficient (Wildman–Crippen LogP) is 4.19. The Morgan fingerprint density at radius 2 is 2.00 bits per heavy atom. The first kappa shape index (κ1) is 30.0. The third-order valence-electron chi connectivity index (χ3n) is 7.46. The van der Waals surface area contributed by atoms with Gasteiger partial charge in [-0.1, -0.05) is 35.1 Å². The third-order valence-corrected chi connectivity index (χ3v) is 8.70. The number of halogens is 4. The van der Waals surface area contributed by atoms with E-state index in [-0.39, 0.29) is 46.4 Å². The summed E-state index contributed by atoms with van der Waals surface area (Å²) in [4.78, 5) is 26.0. The predicted molar refractivity (Wildman–Crippen MR) is 154 cm³/mol. The standard InChI is InChI=1S/C29H28ClF3N4O4S/c1-2-41-27(39)24(11-16-7-9-34-10-8-16)37-26(38)25(42-28(37)40)21(17-4-6-23-19(12-17)15-35-36-23)13-18-3-5-20(30)14-22(18)29(31,32)33/h3-6,12,14-16,24,34,38H,2,7-11,13H2,1H3. The molecule has 1 atom stereocenters. The minimum absolute atomic E-state index is 0.0644. The number of carbonyl (C=O) groups excluding carboxylic acids is 1. The lowest BCUT2D eigenvalue weighted by Gasteiger charge is -2.26. The van der Waals surface area contributed by atoms with E-state index >= 15 is 0 Å². The van der Waals surface area contributed by atoms with Crippen LogP contribution in [0.3, 0.4) is 0 Å². The number of fused-ring (bicyclic) bond motifs is 1. The number of thiazole rings is 1. The highest BCUT2D eigenvalue weighted by Crippen LogP contribution is 2.38. The number of rotatable bonds is 8. The zero-order valence-corrected chi connectivity index (χ0v) is 24.2. The van der Waals surface area contributed by atoms with Gasteiger partial charge in [-0.05, 0) is 85.8 Å². The van der Waals surface area contributed by atoms with Crippen LogP contribution in [0.1, 0.15) is 53.8 Å². The van der Waals surface area contributed by atoms with Crippen LogP contribution >= 0.6 is 22.9 Å². The fraction of sp³-hybridized carbons (Fsp3) is 0.379. The molecule has 5 rings (SSSR count). The molecule has 2 aliphatic heterocycles. The molecule has 1 unspecified atom stereocenters. The second kappa shape index (κ2) is 12.4. The monoisotopic (exact) mass is 620 g/mol. The van der Waals surface area contributed by atoms with Gasteiger partial charge in [0.2, 0.25) is 5.88 Å². The molecular formula is C29H28ClF3N4O4S. The Hall–Kier alpha value is -3.48. The van der Waals surface area contributed by atoms with Crippen molar-refractivity contribution in [2.24, 2.45) is 16.1 Å². The summed E-state index contributed by atoms with van der Waals surface area (Å²) in [5, 5.41) is 23.7. The van der Waals surface area contributed by atoms with Crippen LogP contribution in [0.15, 0.2) is 51.4 Å². The quantitative estimate of drug-likeness (QED) is 0.368. The number of nitrogens with one attached hydrogen (secondary N) is 1. The van der Waals surface area contributed by atoms with Gasteiger partial charge in [0, 0.05) is 17.0 Å². The van der Waals surface area contributed by atoms with Gasteiger partial charge in [-0.2, -0.15) is 23.4 Å². The molecule has 42 heavy (non-hydrogen) atoms. The van der Waals surface area contributed by atoms with Crippen LogP contribution in [-0.2, 0) is 22.1 Å². The maximum atomic E-state index is 14.0. The Balaban J connectivity index is 1.68. The molecule has 3 heterocycles. The molecule has 2 aromatic carbocycles. The minimum Gasteiger partial charge on any atom is -0.493 e. The Kier molecular flexibility index (Phi) is 8.86. The summed E-state index contributed by atoms with van der Waals surface area (Å²) in [6, 6.07) is 7.43. The molecule has 0 amide bonds. The van der Waals surface area contributed by atoms with Gasteiger partial charge >= 0.3 is 17.0 Å². The largest absolute Gasteiger partial charge is 0.493 e. The molecule has 1 aromatic heterocycles. The van der Waals surface area contributed by atoms with Crippen molar-refractivity contribution in [1.82, 2.24) is 9.88 Å². The lowest BCUT2D eigenvalue weighted by atomic mass is 9.91. The fourth-order valence-electron chi connectivity index (χ4n) is 5.39. The van der Waals surface area contributed by atoms with Crippen molar-refractivity contribution < 1.29 is 27.8 Å². The molecule has 8 nitrogen and oxygen atoms in total. The summed E-state index contributed by atoms with van der Waals surface area (Å²) in [6.07, 6.45) is -1.60. The summed E-state index contributed by atoms with van der Waals surface area (Å²) in [5.41, 5.74) is -0.108. The molecule has 0 aliphatic carbocycles. The Morgan fingerprint density at radius 3 is 2.71 bits per heavy atom. The molecule has 0 saturated carbocycles. The smallest absolute Gasteiger partial charge is 0.416 e. The molecule has 2 N–H and O–H groups in total. The highest BCUT2D eigenvalue weighted by atomic mass is 35.5. The van der Waals surface area contributed by atoms with Crippen molar-refractivity contribution >= 4 is 40.7 Å². The van der Waals surface area contributed by atoms with Crippen LogP contribution in [0.5, 0.6) is 5.88 Å². The number of aromatic nitrogens is 1. The van der Waals surface area contributed by atoms with E-state index in [1.54, 1.807) is 25.1 Å². The molecule has 0 radical (unpaired) electrons. The molecule has 3 aromatic rings. The number of benzene rings is 2. The first-order valence-corrected chi connectivity index (χ1v) is 14.7. The number of carbonyl (C=O) groups is 1. The maximum absolute atomic E-state index is 14.0. The van der Waals surface area contributed by atoms with Gasteiger partial charge in [0.15, 0.2) is 0 Å². The average Bonchev–Trinajstić information content (AvgIpc) is 3.54. The maximum Gasteiger partial charge on any atom is 0.416 e. The normalized spacial score (nSPS) is 16.6. The number of hydrogen-bond acceptors (Lipinski definition) is 8. The van der Waals surface area contributed by atoms with Gasteiger partial charge in [0.1, 0.15) is 6.04 Å². The number of piperidine rings is 1. The Morgan fingerprint density at radius 1 is 1.24 bits per heavy atom. The van der Waals surface area contributed by atoms with Crippen molar-refractivity contribution in [3.05, 3.63) is 83.2 Å². The fourth-order valence-corrected chi connectivity index (χ4v) is 6.55. The molecule has 1 saturated heterocycles. The summed E-state index contributed by atoms with van der Waals surface area (Å²) >= 11 is 6.59. The van der Waals surface area contributed by atoms with Gasteiger partial charge in [-0.15, -0.1) is 0 Å². The van der Waals surface area contributed by atoms with E-state index in [4.69, 9.17) is 16.3 Å². The molecule has 2 aliphatic rings. The van der Waals surface area contributed by atoms with Crippen LogP contribution in [0.25, 0.3) is 5.57 Å². The molecule has 0 spiro atoms. The van der Waals surface area contributed by atoms with E-state index in [1.807, 2.05) is 0 Å². The minimum atomic E-state index is -4.69. The molecule has 1 fully saturated rings. The van der Waals surface area contributed by atoms with E-state index < -0.39 is 34.5 Å². The highest BCUT2D eigenvalue weighted by molar-refractivity contribution is 7.10. The summed E-state index contributed by atoms with van der Waals surface area (Å²) < 4.78 is 48.4. The van der Waals surface area contributed by atoms with Crippen molar-refractivity contribution in [3.8, 4) is 5.88 Å². The average molecular weight is 621 g/mol. The van der Waals surface area contributed by atoms with E-state index in [1.165, 1.54) is 18.3 Å². The molecular weight excluding hydrogens is 593 g/mol. The summed E-state index contributed by atoms with van der Waals surface area (Å²) in [5.74, 6) is -1.03. The number of alkyl halides is 3. The second-order valence-electron chi connectivity index (χ2n) is 10.2. The van der Waals surface area contributed by atoms with Crippen LogP contribution in [0, 0.1) is 5.92 Å². The van der Waals surface area contributed by atoms with Gasteiger partial charge in [-0.3, -0.25) is 9.36 Å². The van der Waals surface area contributed by atoms with Crippen LogP contribution < -0.4 is 20.8 Å². The van der Waals surface area contributed by atoms with E-state index in [2.05, 4.69) is 15.5 Å². The third kappa shape index (κ3) is 6.30. The first-order chi connectivity index (χ1) is 20.1. The first-order valence-electron chi connectivity index (χ1n) is 13.5. The van der Waals surface area contributed by atoms with Gasteiger partial charge < -0.3 is 15.2 Å². The summed E-state index contributed by atoms with van der Waals surface area (Å²) in [6.45, 7) is 3.28. The number of esters is 1. The number of nitrogens with zero attached hydrogens (tertiary/aromatic N) is 3. The van der Waals surface area contributed by atoms with Crippen LogP contribution in [0.2, 0.25) is 5.02 Å². The number of aromatic hydroxyl groups is 1. The zero-order chi connectivity index (χ0) is 30.0. The SMILES string of the molecule is CCOC(=O)C(CC1CCNCC1)n1c(O)c(C(Cc2ccc(Cl)cc2C(F)(F)F)=c2ccc3c(c2)C=NN=3)sc1=O. The number of hydrogen-bond donors (Lipinski definition) is 2. The topological polar surface area (TPSA) is 105 Å². The molecule has 222 valence electrons. The van der Waals surface area contributed by atoms with Crippen molar-refractivity contribution in [2.45, 2.75) is 44.8 Å². The van der Waals surface area contributed by atoms with Gasteiger partial charge in [0.05, 0.1) is 28.6 Å². The lowest BCUT2D eigenvalue weighted by molar-refractivity contribution is -0.148. The van der Waals surface area contributed by atoms with Gasteiger partial charge in [-0.25, -0.2) is 4.79 Å². The van der Waals surface area contributed by atoms with E-state index in [9.17, 15) is 27.9 Å². The molecule has 13 heteroatoms. The van der Waals surface area contributed by atoms with E-state index in [0.717, 1.165) is 36.6 Å². The van der Waals surface area contributed by atoms with Crippen molar-refractivity contribution in [2.75, 3.05) is 19.7 Å². The molecule has 0 bridgehead atoms. The zero-order valence-electron chi connectivity index (χ0n) is 22.6. The highest BCUT2D eigenvalue weighted by Gasteiger charge is 2.35. The Labute approximate surface area is 247 Å². The Bertz CT molecular complexity index is 1710. The summed E-state index contributed by atoms with van der Waals surface area (Å²) in [7, 11) is 0. The van der Waals surface area contributed by atoms with Crippen LogP contribution in [-0.4, -0.2) is 41.6 Å². The second-order valence-corrected chi connectivity index (χ2v) is 11.6.